The van der Waals surface area contributed by atoms with Crippen LogP contribution in [0.4, 0.5) is 14.5 Å². The maximum atomic E-state index is 13.5. The number of nitrogens with one attached hydrogen (secondary N) is 1. The van der Waals surface area contributed by atoms with Crippen LogP contribution in [0.5, 0.6) is 0 Å². The van der Waals surface area contributed by atoms with E-state index in [2.05, 4.69) is 10.3 Å². The van der Waals surface area contributed by atoms with Crippen molar-refractivity contribution in [3.05, 3.63) is 29.8 Å². The van der Waals surface area contributed by atoms with Gasteiger partial charge in [0, 0.05) is 18.9 Å². The van der Waals surface area contributed by atoms with E-state index < -0.39 is 17.4 Å². The molecule has 3 rings (SSSR count). The highest BCUT2D eigenvalue weighted by Gasteiger charge is 2.42. The topological polar surface area (TPSA) is 78.1 Å². The Kier molecular flexibility index (Phi) is 6.72. The Morgan fingerprint density at radius 2 is 2.08 bits per heavy atom. The lowest BCUT2D eigenvalue weighted by molar-refractivity contribution is -0.210. The summed E-state index contributed by atoms with van der Waals surface area (Å²) in [5.41, 5.74) is 5.65. The lowest BCUT2D eigenvalue weighted by atomic mass is 10.1. The quantitative estimate of drug-likeness (QED) is 0.416. The number of benzene rings is 1. The van der Waals surface area contributed by atoms with Gasteiger partial charge < -0.3 is 25.3 Å². The first-order valence-corrected chi connectivity index (χ1v) is 7.48. The van der Waals surface area contributed by atoms with Gasteiger partial charge in [0.15, 0.2) is 11.7 Å². The zero-order chi connectivity index (χ0) is 16.3. The summed E-state index contributed by atoms with van der Waals surface area (Å²) >= 11 is 0. The molecule has 6 nitrogen and oxygen atoms in total. The van der Waals surface area contributed by atoms with Gasteiger partial charge in [0.25, 0.3) is 0 Å². The van der Waals surface area contributed by atoms with Crippen LogP contribution in [0.3, 0.4) is 0 Å². The van der Waals surface area contributed by atoms with E-state index in [1.807, 2.05) is 0 Å². The first-order valence-electron chi connectivity index (χ1n) is 7.48. The number of nitrogens with two attached hydrogens (primary N) is 1. The summed E-state index contributed by atoms with van der Waals surface area (Å²) in [7, 11) is 0. The zero-order valence-corrected chi connectivity index (χ0v) is 15.3. The molecule has 0 bridgehead atoms. The third-order valence-corrected chi connectivity index (χ3v) is 3.82. The van der Waals surface area contributed by atoms with Gasteiger partial charge in [-0.05, 0) is 12.1 Å². The van der Waals surface area contributed by atoms with E-state index in [4.69, 9.17) is 19.9 Å². The number of nitrogens with zero attached hydrogens (tertiary/aromatic N) is 1. The summed E-state index contributed by atoms with van der Waals surface area (Å²) in [6, 6.07) is 3.07. The molecule has 2 fully saturated rings. The molecule has 2 saturated heterocycles. The minimum absolute atomic E-state index is 0. The Morgan fingerprint density at radius 1 is 1.33 bits per heavy atom. The van der Waals surface area contributed by atoms with Crippen molar-refractivity contribution in [2.45, 2.75) is 24.7 Å². The van der Waals surface area contributed by atoms with Crippen molar-refractivity contribution in [3.63, 3.8) is 0 Å². The molecule has 24 heavy (non-hydrogen) atoms. The molecule has 2 heterocycles. The molecular weight excluding hydrogens is 435 g/mol. The molecule has 1 aromatic carbocycles. The number of hydrogen-bond donors (Lipinski definition) is 2. The van der Waals surface area contributed by atoms with Crippen molar-refractivity contribution in [2.24, 2.45) is 10.7 Å². The number of rotatable bonds is 3. The second-order valence-corrected chi connectivity index (χ2v) is 5.55. The molecule has 3 N–H and O–H groups in total. The summed E-state index contributed by atoms with van der Waals surface area (Å²) in [5, 5.41) is 2.54. The minimum Gasteiger partial charge on any atom is -0.381 e. The fourth-order valence-corrected chi connectivity index (χ4v) is 2.62. The summed E-state index contributed by atoms with van der Waals surface area (Å²) in [6.45, 7) is 1.92. The number of hydrogen-bond acceptors (Lipinski definition) is 4. The van der Waals surface area contributed by atoms with Gasteiger partial charge in [-0.25, -0.2) is 8.78 Å². The van der Waals surface area contributed by atoms with Gasteiger partial charge in [0.1, 0.15) is 17.7 Å². The summed E-state index contributed by atoms with van der Waals surface area (Å²) in [5.74, 6) is -1.75. The number of halogens is 3. The number of ether oxygens (including phenoxy) is 3. The lowest BCUT2D eigenvalue weighted by Gasteiger charge is -2.31. The second kappa shape index (κ2) is 8.37. The maximum absolute atomic E-state index is 13.5. The highest BCUT2D eigenvalue weighted by molar-refractivity contribution is 14.0. The highest BCUT2D eigenvalue weighted by Crippen LogP contribution is 2.33. The Labute approximate surface area is 155 Å². The number of aliphatic imine (C=N–C) groups is 1. The third-order valence-electron chi connectivity index (χ3n) is 3.82. The molecule has 0 aromatic heterocycles. The molecule has 2 aliphatic heterocycles. The van der Waals surface area contributed by atoms with Gasteiger partial charge in [0.05, 0.1) is 32.1 Å². The Bertz CT molecular complexity index is 597. The molecule has 2 aliphatic rings. The molecule has 0 aliphatic carbocycles. The predicted molar refractivity (Wildman–Crippen MR) is 95.5 cm³/mol. The first kappa shape index (κ1) is 19.3. The molecule has 1 unspecified atom stereocenters. The molecule has 1 spiro atoms. The number of guanidine groups is 1. The van der Waals surface area contributed by atoms with Crippen LogP contribution in [-0.2, 0) is 14.2 Å². The smallest absolute Gasteiger partial charge is 0.193 e. The van der Waals surface area contributed by atoms with Crippen LogP contribution in [-0.4, -0.2) is 44.2 Å². The van der Waals surface area contributed by atoms with E-state index in [0.717, 1.165) is 18.2 Å². The largest absolute Gasteiger partial charge is 0.381 e. The molecule has 9 heteroatoms. The molecule has 1 atom stereocenters. The summed E-state index contributed by atoms with van der Waals surface area (Å²) in [4.78, 5) is 4.11. The minimum atomic E-state index is -0.605. The van der Waals surface area contributed by atoms with Crippen LogP contribution in [0.25, 0.3) is 0 Å². The van der Waals surface area contributed by atoms with Crippen molar-refractivity contribution < 1.29 is 23.0 Å². The Balaban J connectivity index is 0.00000208. The SMILES string of the molecule is I.NC(=NCC1COC2(CCOCC2)O1)Nc1cc(F)ccc1F. The molecule has 1 aromatic rings. The Hall–Kier alpha value is -1.04. The number of anilines is 1. The molecule has 134 valence electrons. The van der Waals surface area contributed by atoms with Crippen molar-refractivity contribution >= 4 is 35.6 Å². The van der Waals surface area contributed by atoms with Crippen molar-refractivity contribution in [1.29, 1.82) is 0 Å². The molecule has 0 radical (unpaired) electrons. The molecular formula is C15H20F2IN3O3. The van der Waals surface area contributed by atoms with Crippen LogP contribution >= 0.6 is 24.0 Å². The summed E-state index contributed by atoms with van der Waals surface area (Å²) in [6.07, 6.45) is 1.16. The van der Waals surface area contributed by atoms with E-state index >= 15 is 0 Å². The van der Waals surface area contributed by atoms with E-state index in [0.29, 0.717) is 32.7 Å². The monoisotopic (exact) mass is 455 g/mol. The van der Waals surface area contributed by atoms with Crippen LogP contribution in [0.15, 0.2) is 23.2 Å². The average Bonchev–Trinajstić information content (AvgIpc) is 2.92. The van der Waals surface area contributed by atoms with Crippen molar-refractivity contribution in [2.75, 3.05) is 31.7 Å². The molecule has 0 saturated carbocycles. The average molecular weight is 455 g/mol. The van der Waals surface area contributed by atoms with Crippen molar-refractivity contribution in [3.8, 4) is 0 Å². The van der Waals surface area contributed by atoms with E-state index in [-0.39, 0.29) is 48.3 Å². The maximum Gasteiger partial charge on any atom is 0.193 e. The van der Waals surface area contributed by atoms with Gasteiger partial charge in [-0.3, -0.25) is 4.99 Å². The fraction of sp³-hybridized carbons (Fsp3) is 0.533. The van der Waals surface area contributed by atoms with Crippen LogP contribution in [0.1, 0.15) is 12.8 Å². The first-order chi connectivity index (χ1) is 11.1. The van der Waals surface area contributed by atoms with Crippen LogP contribution in [0, 0.1) is 11.6 Å². The Morgan fingerprint density at radius 3 is 2.83 bits per heavy atom. The standard InChI is InChI=1S/C15H19F2N3O3.HI/c16-10-1-2-12(17)13(7-10)20-14(18)19-8-11-9-22-15(23-11)3-5-21-6-4-15;/h1-2,7,11H,3-6,8-9H2,(H3,18,19,20);1H. The van der Waals surface area contributed by atoms with Gasteiger partial charge in [0.2, 0.25) is 0 Å². The van der Waals surface area contributed by atoms with E-state index in [1.54, 1.807) is 0 Å². The second-order valence-electron chi connectivity index (χ2n) is 5.55. The highest BCUT2D eigenvalue weighted by atomic mass is 127. The normalized spacial score (nSPS) is 23.1. The van der Waals surface area contributed by atoms with Crippen LogP contribution in [0.2, 0.25) is 0 Å². The summed E-state index contributed by atoms with van der Waals surface area (Å²) < 4.78 is 43.5. The molecule has 0 amide bonds. The van der Waals surface area contributed by atoms with E-state index in [1.165, 1.54) is 0 Å². The fourth-order valence-electron chi connectivity index (χ4n) is 2.62. The zero-order valence-electron chi connectivity index (χ0n) is 13.0. The van der Waals surface area contributed by atoms with Gasteiger partial charge in [-0.1, -0.05) is 0 Å². The van der Waals surface area contributed by atoms with Gasteiger partial charge in [-0.15, -0.1) is 24.0 Å². The predicted octanol–water partition coefficient (Wildman–Crippen LogP) is 2.23. The van der Waals surface area contributed by atoms with Crippen LogP contribution < -0.4 is 11.1 Å². The van der Waals surface area contributed by atoms with E-state index in [9.17, 15) is 8.78 Å². The van der Waals surface area contributed by atoms with Gasteiger partial charge in [-0.2, -0.15) is 0 Å². The van der Waals surface area contributed by atoms with Crippen molar-refractivity contribution in [1.82, 2.24) is 0 Å². The van der Waals surface area contributed by atoms with Gasteiger partial charge >= 0.3 is 0 Å². The third kappa shape index (κ3) is 4.74. The lowest BCUT2D eigenvalue weighted by Crippen LogP contribution is -2.38.